The molecule has 0 N–H and O–H groups in total. The Bertz CT molecular complexity index is 927. The van der Waals surface area contributed by atoms with Crippen LogP contribution in [0.3, 0.4) is 0 Å². The molecular weight excluding hydrogens is 322 g/mol. The molecule has 0 radical (unpaired) electrons. The van der Waals surface area contributed by atoms with Crippen molar-refractivity contribution >= 4 is 28.5 Å². The van der Waals surface area contributed by atoms with E-state index in [1.165, 1.54) is 6.92 Å². The van der Waals surface area contributed by atoms with Gasteiger partial charge in [-0.25, -0.2) is 4.90 Å². The van der Waals surface area contributed by atoms with Gasteiger partial charge in [-0.15, -0.1) is 0 Å². The minimum absolute atomic E-state index is 0.0607. The fourth-order valence-electron chi connectivity index (χ4n) is 2.60. The molecule has 3 aromatic rings. The Kier molecular flexibility index (Phi) is 4.43. The predicted molar refractivity (Wildman–Crippen MR) is 93.3 cm³/mol. The Morgan fingerprint density at radius 1 is 1.00 bits per heavy atom. The van der Waals surface area contributed by atoms with Crippen LogP contribution in [0.2, 0.25) is 0 Å². The maximum Gasteiger partial charge on any atom is 0.300 e. The van der Waals surface area contributed by atoms with Crippen molar-refractivity contribution in [3.8, 4) is 11.5 Å². The van der Waals surface area contributed by atoms with Gasteiger partial charge in [-0.05, 0) is 36.4 Å². The molecule has 0 atom stereocenters. The molecule has 0 spiro atoms. The number of fused-ring (bicyclic) bond motifs is 1. The summed E-state index contributed by atoms with van der Waals surface area (Å²) in [5.74, 6) is 0.330. The lowest BCUT2D eigenvalue weighted by molar-refractivity contribution is -0.116. The number of benzene rings is 2. The minimum Gasteiger partial charge on any atom is -0.497 e. The van der Waals surface area contributed by atoms with E-state index in [4.69, 9.17) is 13.9 Å². The minimum atomic E-state index is -0.545. The average molecular weight is 339 g/mol. The highest BCUT2D eigenvalue weighted by atomic mass is 16.5. The van der Waals surface area contributed by atoms with E-state index < -0.39 is 11.8 Å². The zero-order valence-corrected chi connectivity index (χ0v) is 14.1. The molecule has 1 heterocycles. The van der Waals surface area contributed by atoms with E-state index in [-0.39, 0.29) is 5.76 Å². The lowest BCUT2D eigenvalue weighted by Gasteiger charge is -2.18. The number of carbonyl (C=O) groups is 2. The summed E-state index contributed by atoms with van der Waals surface area (Å²) < 4.78 is 16.0. The van der Waals surface area contributed by atoms with Crippen LogP contribution in [0.4, 0.5) is 5.69 Å². The molecule has 25 heavy (non-hydrogen) atoms. The van der Waals surface area contributed by atoms with Crippen molar-refractivity contribution in [3.05, 3.63) is 54.3 Å². The summed E-state index contributed by atoms with van der Waals surface area (Å²) in [5.41, 5.74) is 0.951. The van der Waals surface area contributed by atoms with Gasteiger partial charge in [0.15, 0.2) is 5.76 Å². The Morgan fingerprint density at radius 3 is 2.32 bits per heavy atom. The summed E-state index contributed by atoms with van der Waals surface area (Å²) >= 11 is 0. The Hall–Kier alpha value is -3.28. The fraction of sp³-hybridized carbons (Fsp3) is 0.158. The first kappa shape index (κ1) is 16.6. The van der Waals surface area contributed by atoms with Crippen LogP contribution in [0.1, 0.15) is 17.5 Å². The first-order chi connectivity index (χ1) is 12.0. The van der Waals surface area contributed by atoms with Gasteiger partial charge in [0.1, 0.15) is 17.1 Å². The number of hydrogen-bond acceptors (Lipinski definition) is 5. The van der Waals surface area contributed by atoms with Crippen LogP contribution in [-0.2, 0) is 4.79 Å². The van der Waals surface area contributed by atoms with Crippen LogP contribution in [-0.4, -0.2) is 26.0 Å². The molecule has 2 aromatic carbocycles. The highest BCUT2D eigenvalue weighted by molar-refractivity contribution is 6.20. The van der Waals surface area contributed by atoms with Gasteiger partial charge in [0.2, 0.25) is 5.91 Å². The Morgan fingerprint density at radius 2 is 1.72 bits per heavy atom. The van der Waals surface area contributed by atoms with Crippen LogP contribution in [0, 0.1) is 0 Å². The maximum atomic E-state index is 12.8. The summed E-state index contributed by atoms with van der Waals surface area (Å²) in [6.45, 7) is 1.32. The summed E-state index contributed by atoms with van der Waals surface area (Å²) in [5, 5.41) is 0.673. The van der Waals surface area contributed by atoms with Gasteiger partial charge in [0.25, 0.3) is 0 Å². The monoisotopic (exact) mass is 339 g/mol. The molecule has 0 aliphatic heterocycles. The van der Waals surface area contributed by atoms with Gasteiger partial charge in [-0.1, -0.05) is 6.07 Å². The lowest BCUT2D eigenvalue weighted by atomic mass is 10.2. The first-order valence-electron chi connectivity index (χ1n) is 7.60. The maximum absolute atomic E-state index is 12.8. The molecule has 0 saturated heterocycles. The second-order valence-corrected chi connectivity index (χ2v) is 5.34. The van der Waals surface area contributed by atoms with Gasteiger partial charge >= 0.3 is 5.91 Å². The zero-order valence-electron chi connectivity index (χ0n) is 14.1. The van der Waals surface area contributed by atoms with Crippen molar-refractivity contribution in [1.82, 2.24) is 0 Å². The first-order valence-corrected chi connectivity index (χ1v) is 7.60. The summed E-state index contributed by atoms with van der Waals surface area (Å²) in [6, 6.07) is 13.5. The Labute approximate surface area is 144 Å². The number of ether oxygens (including phenoxy) is 2. The number of anilines is 1. The quantitative estimate of drug-likeness (QED) is 0.726. The number of imide groups is 1. The van der Waals surface area contributed by atoms with E-state index in [2.05, 4.69) is 0 Å². The topological polar surface area (TPSA) is 69.0 Å². The highest BCUT2D eigenvalue weighted by Crippen LogP contribution is 2.30. The smallest absolute Gasteiger partial charge is 0.300 e. The number of nitrogens with zero attached hydrogens (tertiary/aromatic N) is 1. The molecule has 6 heteroatoms. The van der Waals surface area contributed by atoms with E-state index in [1.807, 2.05) is 0 Å². The molecule has 0 aliphatic rings. The van der Waals surface area contributed by atoms with Crippen molar-refractivity contribution in [2.24, 2.45) is 0 Å². The van der Waals surface area contributed by atoms with E-state index >= 15 is 0 Å². The molecule has 0 saturated carbocycles. The van der Waals surface area contributed by atoms with E-state index in [9.17, 15) is 9.59 Å². The van der Waals surface area contributed by atoms with Crippen molar-refractivity contribution in [2.75, 3.05) is 19.1 Å². The third-order valence-corrected chi connectivity index (χ3v) is 3.80. The third-order valence-electron chi connectivity index (χ3n) is 3.80. The molecule has 6 nitrogen and oxygen atoms in total. The van der Waals surface area contributed by atoms with Crippen molar-refractivity contribution < 1.29 is 23.5 Å². The number of furan rings is 1. The molecule has 2 amide bonds. The predicted octanol–water partition coefficient (Wildman–Crippen LogP) is 3.64. The van der Waals surface area contributed by atoms with Crippen LogP contribution in [0.25, 0.3) is 11.0 Å². The van der Waals surface area contributed by atoms with Gasteiger partial charge in [-0.3, -0.25) is 9.59 Å². The van der Waals surface area contributed by atoms with Gasteiger partial charge in [-0.2, -0.15) is 0 Å². The fourth-order valence-corrected chi connectivity index (χ4v) is 2.60. The molecule has 0 fully saturated rings. The zero-order chi connectivity index (χ0) is 18.0. The van der Waals surface area contributed by atoms with Crippen LogP contribution >= 0.6 is 0 Å². The molecule has 0 aliphatic carbocycles. The number of carbonyl (C=O) groups excluding carboxylic acids is 2. The van der Waals surface area contributed by atoms with Gasteiger partial charge in [0.05, 0.1) is 25.3 Å². The van der Waals surface area contributed by atoms with E-state index in [1.54, 1.807) is 62.8 Å². The largest absolute Gasteiger partial charge is 0.497 e. The normalized spacial score (nSPS) is 10.5. The number of rotatable bonds is 4. The molecule has 0 unspecified atom stereocenters. The summed E-state index contributed by atoms with van der Waals surface area (Å²) in [7, 11) is 3.09. The number of amides is 2. The number of hydrogen-bond donors (Lipinski definition) is 0. The van der Waals surface area contributed by atoms with Crippen molar-refractivity contribution in [3.63, 3.8) is 0 Å². The van der Waals surface area contributed by atoms with E-state index in [0.717, 1.165) is 4.90 Å². The van der Waals surface area contributed by atoms with Gasteiger partial charge < -0.3 is 13.9 Å². The van der Waals surface area contributed by atoms with Crippen LogP contribution in [0.5, 0.6) is 11.5 Å². The molecular formula is C19H17NO5. The average Bonchev–Trinajstić information content (AvgIpc) is 3.06. The lowest BCUT2D eigenvalue weighted by Crippen LogP contribution is -2.34. The summed E-state index contributed by atoms with van der Waals surface area (Å²) in [4.78, 5) is 26.0. The van der Waals surface area contributed by atoms with Gasteiger partial charge in [0, 0.05) is 13.0 Å². The second kappa shape index (κ2) is 6.68. The van der Waals surface area contributed by atoms with E-state index in [0.29, 0.717) is 28.2 Å². The summed E-state index contributed by atoms with van der Waals surface area (Å²) in [6.07, 6.45) is 0. The number of methoxy groups -OCH3 is 2. The molecule has 1 aromatic heterocycles. The standard InChI is InChI=1S/C19H17NO5/c1-12(21)20(13-7-9-14(23-2)10-8-13)19(22)18-11-15-16(24-3)5-4-6-17(15)25-18/h4-11H,1-3H3. The third kappa shape index (κ3) is 3.06. The molecule has 3 rings (SSSR count). The molecule has 128 valence electrons. The molecule has 0 bridgehead atoms. The van der Waals surface area contributed by atoms with Crippen LogP contribution in [0.15, 0.2) is 52.9 Å². The van der Waals surface area contributed by atoms with Crippen LogP contribution < -0.4 is 14.4 Å². The van der Waals surface area contributed by atoms with Crippen molar-refractivity contribution in [1.29, 1.82) is 0 Å². The SMILES string of the molecule is COc1ccc(N(C(C)=O)C(=O)c2cc3c(OC)cccc3o2)cc1. The second-order valence-electron chi connectivity index (χ2n) is 5.34. The highest BCUT2D eigenvalue weighted by Gasteiger charge is 2.25. The van der Waals surface area contributed by atoms with Crippen molar-refractivity contribution in [2.45, 2.75) is 6.92 Å². The Balaban J connectivity index is 2.02.